The molecule has 0 spiro atoms. The summed E-state index contributed by atoms with van der Waals surface area (Å²) in [6.07, 6.45) is 4.03. The van der Waals surface area contributed by atoms with Gasteiger partial charge < -0.3 is 10.2 Å². The van der Waals surface area contributed by atoms with Gasteiger partial charge in [0.25, 0.3) is 0 Å². The van der Waals surface area contributed by atoms with Crippen LogP contribution in [0.2, 0.25) is 0 Å². The molecule has 0 radical (unpaired) electrons. The van der Waals surface area contributed by atoms with Gasteiger partial charge >= 0.3 is 0 Å². The molecule has 36 heavy (non-hydrogen) atoms. The molecule has 0 saturated heterocycles. The van der Waals surface area contributed by atoms with Crippen molar-refractivity contribution in [2.24, 2.45) is 0 Å². The molecule has 1 aliphatic rings. The second-order valence-corrected chi connectivity index (χ2v) is 9.19. The molecular formula is C28H28FN5O2. The van der Waals surface area contributed by atoms with Gasteiger partial charge in [-0.25, -0.2) is 9.07 Å². The average molecular weight is 486 g/mol. The van der Waals surface area contributed by atoms with Gasteiger partial charge in [0.05, 0.1) is 5.52 Å². The maximum absolute atomic E-state index is 13.9. The van der Waals surface area contributed by atoms with Crippen LogP contribution in [0.25, 0.3) is 11.0 Å². The molecule has 1 aromatic heterocycles. The number of rotatable bonds is 8. The number of para-hydroxylation sites is 1. The van der Waals surface area contributed by atoms with Crippen LogP contribution in [0.4, 0.5) is 4.39 Å². The highest BCUT2D eigenvalue weighted by Gasteiger charge is 2.33. The summed E-state index contributed by atoms with van der Waals surface area (Å²) in [4.78, 5) is 29.1. The van der Waals surface area contributed by atoms with Gasteiger partial charge in [0.2, 0.25) is 11.8 Å². The van der Waals surface area contributed by atoms with Gasteiger partial charge in [0.1, 0.15) is 23.9 Å². The highest BCUT2D eigenvalue weighted by Crippen LogP contribution is 2.26. The molecule has 0 unspecified atom stereocenters. The Morgan fingerprint density at radius 1 is 0.972 bits per heavy atom. The number of hydrogen-bond acceptors (Lipinski definition) is 4. The predicted molar refractivity (Wildman–Crippen MR) is 134 cm³/mol. The van der Waals surface area contributed by atoms with Crippen molar-refractivity contribution in [1.82, 2.24) is 25.2 Å². The van der Waals surface area contributed by atoms with Crippen molar-refractivity contribution < 1.29 is 14.0 Å². The Bertz CT molecular complexity index is 1330. The monoisotopic (exact) mass is 485 g/mol. The number of halogens is 1. The highest BCUT2D eigenvalue weighted by atomic mass is 19.1. The minimum Gasteiger partial charge on any atom is -0.351 e. The molecule has 7 nitrogen and oxygen atoms in total. The maximum Gasteiger partial charge on any atom is 0.247 e. The third-order valence-corrected chi connectivity index (χ3v) is 6.67. The Morgan fingerprint density at radius 2 is 1.67 bits per heavy atom. The smallest absolute Gasteiger partial charge is 0.247 e. The van der Waals surface area contributed by atoms with Crippen molar-refractivity contribution in [3.05, 3.63) is 95.8 Å². The summed E-state index contributed by atoms with van der Waals surface area (Å²) in [5, 5.41) is 11.5. The second kappa shape index (κ2) is 10.7. The molecule has 0 aliphatic heterocycles. The van der Waals surface area contributed by atoms with Gasteiger partial charge in [0.15, 0.2) is 0 Å². The number of carbonyl (C=O) groups is 2. The van der Waals surface area contributed by atoms with Crippen molar-refractivity contribution in [2.45, 2.75) is 50.9 Å². The minimum absolute atomic E-state index is 0.0816. The zero-order chi connectivity index (χ0) is 24.9. The molecule has 1 N–H and O–H groups in total. The van der Waals surface area contributed by atoms with Gasteiger partial charge in [-0.05, 0) is 48.2 Å². The summed E-state index contributed by atoms with van der Waals surface area (Å²) in [6.45, 7) is 0.0607. The van der Waals surface area contributed by atoms with Gasteiger partial charge in [0, 0.05) is 12.6 Å². The van der Waals surface area contributed by atoms with E-state index in [1.54, 1.807) is 21.7 Å². The third kappa shape index (κ3) is 5.27. The molecule has 1 saturated carbocycles. The number of nitrogens with zero attached hydrogens (tertiary/aromatic N) is 4. The molecule has 0 bridgehead atoms. The molecule has 5 rings (SSSR count). The minimum atomic E-state index is -0.848. The molecular weight excluding hydrogens is 457 g/mol. The quantitative estimate of drug-likeness (QED) is 0.401. The van der Waals surface area contributed by atoms with E-state index in [4.69, 9.17) is 0 Å². The number of hydrogen-bond donors (Lipinski definition) is 1. The lowest BCUT2D eigenvalue weighted by atomic mass is 10.0. The lowest BCUT2D eigenvalue weighted by Gasteiger charge is -2.32. The summed E-state index contributed by atoms with van der Waals surface area (Å²) in [7, 11) is 0. The van der Waals surface area contributed by atoms with E-state index in [0.29, 0.717) is 11.1 Å². The first kappa shape index (κ1) is 23.7. The molecule has 184 valence electrons. The summed E-state index contributed by atoms with van der Waals surface area (Å²) < 4.78 is 15.1. The standard InChI is InChI=1S/C28H28FN5O2/c29-22-16-14-20(15-17-22)18-33(26(35)19-34-25-13-7-6-12-24(25)31-32-34)27(21-8-2-1-3-9-21)28(36)30-23-10-4-5-11-23/h1-3,6-9,12-17,23,27H,4-5,10-11,18-19H2,(H,30,36)/t27-/m1/s1. The summed E-state index contributed by atoms with van der Waals surface area (Å²) >= 11 is 0. The van der Waals surface area contributed by atoms with E-state index < -0.39 is 6.04 Å². The summed E-state index contributed by atoms with van der Waals surface area (Å²) in [5.74, 6) is -0.860. The third-order valence-electron chi connectivity index (χ3n) is 6.67. The fourth-order valence-electron chi connectivity index (χ4n) is 4.82. The highest BCUT2D eigenvalue weighted by molar-refractivity contribution is 5.89. The average Bonchev–Trinajstić information content (AvgIpc) is 3.56. The van der Waals surface area contributed by atoms with Crippen LogP contribution in [0.3, 0.4) is 0 Å². The topological polar surface area (TPSA) is 80.1 Å². The van der Waals surface area contributed by atoms with E-state index >= 15 is 0 Å². The molecule has 1 aliphatic carbocycles. The van der Waals surface area contributed by atoms with E-state index in [-0.39, 0.29) is 36.8 Å². The van der Waals surface area contributed by atoms with Crippen LogP contribution >= 0.6 is 0 Å². The van der Waals surface area contributed by atoms with Gasteiger partial charge in [-0.1, -0.05) is 72.7 Å². The van der Waals surface area contributed by atoms with Crippen molar-refractivity contribution in [2.75, 3.05) is 0 Å². The lowest BCUT2D eigenvalue weighted by molar-refractivity contribution is -0.142. The molecule has 1 atom stereocenters. The first-order chi connectivity index (χ1) is 17.6. The van der Waals surface area contributed by atoms with Crippen molar-refractivity contribution in [1.29, 1.82) is 0 Å². The first-order valence-corrected chi connectivity index (χ1v) is 12.3. The van der Waals surface area contributed by atoms with Crippen LogP contribution in [-0.4, -0.2) is 37.7 Å². The predicted octanol–water partition coefficient (Wildman–Crippen LogP) is 4.40. The number of fused-ring (bicyclic) bond motifs is 1. The Labute approximate surface area is 208 Å². The van der Waals surface area contributed by atoms with E-state index in [2.05, 4.69) is 15.6 Å². The largest absolute Gasteiger partial charge is 0.351 e. The lowest BCUT2D eigenvalue weighted by Crippen LogP contribution is -2.46. The van der Waals surface area contributed by atoms with Crippen molar-refractivity contribution >= 4 is 22.8 Å². The van der Waals surface area contributed by atoms with Crippen LogP contribution in [0.5, 0.6) is 0 Å². The van der Waals surface area contributed by atoms with Crippen molar-refractivity contribution in [3.8, 4) is 0 Å². The molecule has 8 heteroatoms. The Balaban J connectivity index is 1.51. The molecule has 1 fully saturated rings. The summed E-state index contributed by atoms with van der Waals surface area (Å²) in [6, 6.07) is 22.0. The normalized spacial score (nSPS) is 14.6. The second-order valence-electron chi connectivity index (χ2n) is 9.19. The van der Waals surface area contributed by atoms with Crippen LogP contribution in [0.1, 0.15) is 42.9 Å². The first-order valence-electron chi connectivity index (χ1n) is 12.3. The number of nitrogens with one attached hydrogen (secondary N) is 1. The Hall–Kier alpha value is -4.07. The van der Waals surface area contributed by atoms with E-state index in [1.165, 1.54) is 12.1 Å². The summed E-state index contributed by atoms with van der Waals surface area (Å²) in [5.41, 5.74) is 2.86. The van der Waals surface area contributed by atoms with Crippen LogP contribution in [-0.2, 0) is 22.7 Å². The molecule has 1 heterocycles. The zero-order valence-corrected chi connectivity index (χ0v) is 19.9. The maximum atomic E-state index is 13.9. The molecule has 2 amide bonds. The van der Waals surface area contributed by atoms with Crippen molar-refractivity contribution in [3.63, 3.8) is 0 Å². The fraction of sp³-hybridized carbons (Fsp3) is 0.286. The fourth-order valence-corrected chi connectivity index (χ4v) is 4.82. The van der Waals surface area contributed by atoms with E-state index in [0.717, 1.165) is 36.8 Å². The zero-order valence-electron chi connectivity index (χ0n) is 19.9. The number of carbonyl (C=O) groups excluding carboxylic acids is 2. The van der Waals surface area contributed by atoms with Gasteiger partial charge in [-0.3, -0.25) is 9.59 Å². The molecule has 4 aromatic rings. The van der Waals surface area contributed by atoms with Crippen LogP contribution < -0.4 is 5.32 Å². The SMILES string of the molecule is O=C(NC1CCCC1)[C@@H](c1ccccc1)N(Cc1ccc(F)cc1)C(=O)Cn1nnc2ccccc21. The van der Waals surface area contributed by atoms with E-state index in [9.17, 15) is 14.0 Å². The number of benzene rings is 3. The van der Waals surface area contributed by atoms with Gasteiger partial charge in [-0.15, -0.1) is 5.10 Å². The van der Waals surface area contributed by atoms with Crippen LogP contribution in [0.15, 0.2) is 78.9 Å². The Morgan fingerprint density at radius 3 is 2.42 bits per heavy atom. The van der Waals surface area contributed by atoms with E-state index in [1.807, 2.05) is 54.6 Å². The van der Waals surface area contributed by atoms with Gasteiger partial charge in [-0.2, -0.15) is 0 Å². The number of amides is 2. The molecule has 3 aromatic carbocycles. The Kier molecular flexibility index (Phi) is 7.02. The van der Waals surface area contributed by atoms with Crippen LogP contribution in [0, 0.1) is 5.82 Å². The number of aromatic nitrogens is 3.